The number of hydrogen-bond acceptors (Lipinski definition) is 3. The SMILES string of the molecule is O=C(NCCCSc1ccccc1)c1ccn(-c2ccc(F)cc2)n1. The first kappa shape index (κ1) is 17.2. The summed E-state index contributed by atoms with van der Waals surface area (Å²) in [5.74, 6) is 0.432. The molecular formula is C19H18FN3OS. The van der Waals surface area contributed by atoms with E-state index in [0.717, 1.165) is 12.2 Å². The lowest BCUT2D eigenvalue weighted by Crippen LogP contribution is -2.25. The van der Waals surface area contributed by atoms with Crippen LogP contribution in [-0.4, -0.2) is 28.0 Å². The highest BCUT2D eigenvalue weighted by Gasteiger charge is 2.09. The molecule has 4 nitrogen and oxygen atoms in total. The number of benzene rings is 2. The van der Waals surface area contributed by atoms with Gasteiger partial charge in [-0.05, 0) is 54.6 Å². The molecule has 0 saturated carbocycles. The smallest absolute Gasteiger partial charge is 0.271 e. The highest BCUT2D eigenvalue weighted by Crippen LogP contribution is 2.17. The molecule has 128 valence electrons. The molecule has 2 aromatic carbocycles. The van der Waals surface area contributed by atoms with Gasteiger partial charge in [0.1, 0.15) is 5.82 Å². The second-order valence-electron chi connectivity index (χ2n) is 5.39. The second kappa shape index (κ2) is 8.48. The van der Waals surface area contributed by atoms with Gasteiger partial charge < -0.3 is 5.32 Å². The first-order chi connectivity index (χ1) is 12.2. The Hall–Kier alpha value is -2.60. The zero-order valence-electron chi connectivity index (χ0n) is 13.6. The highest BCUT2D eigenvalue weighted by molar-refractivity contribution is 7.99. The average molecular weight is 355 g/mol. The average Bonchev–Trinajstić information content (AvgIpc) is 3.13. The number of nitrogens with one attached hydrogen (secondary N) is 1. The molecule has 6 heteroatoms. The summed E-state index contributed by atoms with van der Waals surface area (Å²) < 4.78 is 14.5. The van der Waals surface area contributed by atoms with Crippen LogP contribution in [-0.2, 0) is 0 Å². The van der Waals surface area contributed by atoms with Gasteiger partial charge in [-0.25, -0.2) is 9.07 Å². The third-order valence-corrected chi connectivity index (χ3v) is 4.63. The molecule has 1 heterocycles. The van der Waals surface area contributed by atoms with Crippen molar-refractivity contribution >= 4 is 17.7 Å². The van der Waals surface area contributed by atoms with Crippen LogP contribution in [0.2, 0.25) is 0 Å². The number of carbonyl (C=O) groups is 1. The minimum atomic E-state index is -0.303. The van der Waals surface area contributed by atoms with Gasteiger partial charge in [0.25, 0.3) is 5.91 Å². The molecule has 3 aromatic rings. The lowest BCUT2D eigenvalue weighted by Gasteiger charge is -2.04. The van der Waals surface area contributed by atoms with Gasteiger partial charge >= 0.3 is 0 Å². The quantitative estimate of drug-likeness (QED) is 0.516. The largest absolute Gasteiger partial charge is 0.351 e. The van der Waals surface area contributed by atoms with E-state index < -0.39 is 0 Å². The molecule has 0 aliphatic heterocycles. The minimum Gasteiger partial charge on any atom is -0.351 e. The van der Waals surface area contributed by atoms with Crippen molar-refractivity contribution in [3.05, 3.63) is 78.4 Å². The Labute approximate surface area is 150 Å². The molecule has 0 radical (unpaired) electrons. The van der Waals surface area contributed by atoms with Crippen molar-refractivity contribution in [2.24, 2.45) is 0 Å². The van der Waals surface area contributed by atoms with E-state index in [0.29, 0.717) is 17.9 Å². The number of thioether (sulfide) groups is 1. The monoisotopic (exact) mass is 355 g/mol. The van der Waals surface area contributed by atoms with Gasteiger partial charge in [0.2, 0.25) is 0 Å². The van der Waals surface area contributed by atoms with Crippen LogP contribution in [0.15, 0.2) is 71.8 Å². The lowest BCUT2D eigenvalue weighted by atomic mass is 10.3. The van der Waals surface area contributed by atoms with E-state index in [-0.39, 0.29) is 11.7 Å². The third kappa shape index (κ3) is 4.93. The van der Waals surface area contributed by atoms with E-state index in [1.165, 1.54) is 17.0 Å². The molecular weight excluding hydrogens is 337 g/mol. The van der Waals surface area contributed by atoms with Crippen LogP contribution in [0.4, 0.5) is 4.39 Å². The van der Waals surface area contributed by atoms with Crippen molar-refractivity contribution in [2.45, 2.75) is 11.3 Å². The van der Waals surface area contributed by atoms with Crippen molar-refractivity contribution in [1.82, 2.24) is 15.1 Å². The molecule has 1 aromatic heterocycles. The van der Waals surface area contributed by atoms with E-state index >= 15 is 0 Å². The Balaban J connectivity index is 1.45. The lowest BCUT2D eigenvalue weighted by molar-refractivity contribution is 0.0948. The molecule has 0 bridgehead atoms. The number of rotatable bonds is 7. The van der Waals surface area contributed by atoms with E-state index in [4.69, 9.17) is 0 Å². The third-order valence-electron chi connectivity index (χ3n) is 3.53. The van der Waals surface area contributed by atoms with Gasteiger partial charge in [0.05, 0.1) is 5.69 Å². The summed E-state index contributed by atoms with van der Waals surface area (Å²) in [5, 5.41) is 7.10. The van der Waals surface area contributed by atoms with Gasteiger partial charge in [-0.1, -0.05) is 18.2 Å². The van der Waals surface area contributed by atoms with E-state index in [2.05, 4.69) is 22.5 Å². The number of halogens is 1. The summed E-state index contributed by atoms with van der Waals surface area (Å²) >= 11 is 1.77. The molecule has 0 atom stereocenters. The van der Waals surface area contributed by atoms with Crippen molar-refractivity contribution in [2.75, 3.05) is 12.3 Å². The number of nitrogens with zero attached hydrogens (tertiary/aromatic N) is 2. The Kier molecular flexibility index (Phi) is 5.85. The molecule has 1 N–H and O–H groups in total. The van der Waals surface area contributed by atoms with Crippen LogP contribution in [0.1, 0.15) is 16.9 Å². The zero-order valence-corrected chi connectivity index (χ0v) is 14.4. The summed E-state index contributed by atoms with van der Waals surface area (Å²) in [6, 6.07) is 17.8. The number of carbonyl (C=O) groups excluding carboxylic acids is 1. The van der Waals surface area contributed by atoms with Gasteiger partial charge in [-0.3, -0.25) is 4.79 Å². The van der Waals surface area contributed by atoms with Crippen LogP contribution < -0.4 is 5.32 Å². The molecule has 3 rings (SSSR count). The molecule has 0 unspecified atom stereocenters. The van der Waals surface area contributed by atoms with Crippen LogP contribution in [0.25, 0.3) is 5.69 Å². The van der Waals surface area contributed by atoms with Gasteiger partial charge in [-0.2, -0.15) is 5.10 Å². The van der Waals surface area contributed by atoms with Crippen molar-refractivity contribution in [3.8, 4) is 5.69 Å². The summed E-state index contributed by atoms with van der Waals surface area (Å²) in [6.45, 7) is 0.599. The predicted octanol–water partition coefficient (Wildman–Crippen LogP) is 3.92. The van der Waals surface area contributed by atoms with E-state index in [1.54, 1.807) is 40.8 Å². The van der Waals surface area contributed by atoms with Crippen molar-refractivity contribution in [1.29, 1.82) is 0 Å². The summed E-state index contributed by atoms with van der Waals surface area (Å²) in [4.78, 5) is 13.4. The second-order valence-corrected chi connectivity index (χ2v) is 6.56. The molecule has 0 aliphatic rings. The Morgan fingerprint density at radius 2 is 1.84 bits per heavy atom. The summed E-state index contributed by atoms with van der Waals surface area (Å²) in [5.41, 5.74) is 1.06. The topological polar surface area (TPSA) is 46.9 Å². The van der Waals surface area contributed by atoms with Crippen LogP contribution >= 0.6 is 11.8 Å². The Morgan fingerprint density at radius 3 is 2.60 bits per heavy atom. The van der Waals surface area contributed by atoms with Crippen LogP contribution in [0.5, 0.6) is 0 Å². The number of hydrogen-bond donors (Lipinski definition) is 1. The summed E-state index contributed by atoms with van der Waals surface area (Å²) in [6.07, 6.45) is 2.57. The maximum atomic E-state index is 13.0. The number of aromatic nitrogens is 2. The Bertz CT molecular complexity index is 818. The van der Waals surface area contributed by atoms with Crippen molar-refractivity contribution < 1.29 is 9.18 Å². The van der Waals surface area contributed by atoms with Gasteiger partial charge in [0, 0.05) is 17.6 Å². The molecule has 1 amide bonds. The molecule has 0 aliphatic carbocycles. The van der Waals surface area contributed by atoms with E-state index in [1.807, 2.05) is 18.2 Å². The first-order valence-electron chi connectivity index (χ1n) is 8.00. The van der Waals surface area contributed by atoms with E-state index in [9.17, 15) is 9.18 Å². The molecule has 25 heavy (non-hydrogen) atoms. The minimum absolute atomic E-state index is 0.203. The zero-order chi connectivity index (χ0) is 17.5. The van der Waals surface area contributed by atoms with Gasteiger partial charge in [0.15, 0.2) is 5.69 Å². The number of amides is 1. The maximum absolute atomic E-state index is 13.0. The first-order valence-corrected chi connectivity index (χ1v) is 8.98. The van der Waals surface area contributed by atoms with Crippen LogP contribution in [0.3, 0.4) is 0 Å². The molecule has 0 saturated heterocycles. The standard InChI is InChI=1S/C19H18FN3OS/c20-15-7-9-16(10-8-15)23-13-11-18(22-23)19(24)21-12-4-14-25-17-5-2-1-3-6-17/h1-3,5-11,13H,4,12,14H2,(H,21,24). The fourth-order valence-corrected chi connectivity index (χ4v) is 3.13. The van der Waals surface area contributed by atoms with Gasteiger partial charge in [-0.15, -0.1) is 11.8 Å². The fourth-order valence-electron chi connectivity index (χ4n) is 2.25. The predicted molar refractivity (Wildman–Crippen MR) is 97.6 cm³/mol. The van der Waals surface area contributed by atoms with Crippen molar-refractivity contribution in [3.63, 3.8) is 0 Å². The highest BCUT2D eigenvalue weighted by atomic mass is 32.2. The maximum Gasteiger partial charge on any atom is 0.271 e. The normalized spacial score (nSPS) is 10.6. The summed E-state index contributed by atoms with van der Waals surface area (Å²) in [7, 11) is 0. The van der Waals surface area contributed by atoms with Crippen LogP contribution in [0, 0.1) is 5.82 Å². The Morgan fingerprint density at radius 1 is 1.08 bits per heavy atom. The fraction of sp³-hybridized carbons (Fsp3) is 0.158. The molecule has 0 spiro atoms. The molecule has 0 fully saturated rings.